The molecule has 0 saturated heterocycles. The lowest BCUT2D eigenvalue weighted by Gasteiger charge is -2.18. The van der Waals surface area contributed by atoms with E-state index in [9.17, 15) is 8.42 Å². The normalized spacial score (nSPS) is 15.4. The maximum Gasteiger partial charge on any atom is 0.240 e. The first-order valence-electron chi connectivity index (χ1n) is 10.7. The zero-order valence-electron chi connectivity index (χ0n) is 18.4. The van der Waals surface area contributed by atoms with E-state index in [1.54, 1.807) is 24.3 Å². The van der Waals surface area contributed by atoms with Crippen molar-refractivity contribution in [3.63, 3.8) is 0 Å². The molecule has 0 aromatic heterocycles. The number of hydrogen-bond acceptors (Lipinski definition) is 4. The number of guanidine groups is 1. The summed E-state index contributed by atoms with van der Waals surface area (Å²) in [6.07, 6.45) is 1.80. The van der Waals surface area contributed by atoms with Gasteiger partial charge in [-0.05, 0) is 62.9 Å². The van der Waals surface area contributed by atoms with Crippen LogP contribution in [0.5, 0.6) is 5.75 Å². The molecule has 1 fully saturated rings. The van der Waals surface area contributed by atoms with Crippen LogP contribution in [0.25, 0.3) is 0 Å². The zero-order chi connectivity index (χ0) is 22.3. The Bertz CT molecular complexity index is 986. The first-order valence-corrected chi connectivity index (χ1v) is 12.2. The number of sulfonamides is 1. The van der Waals surface area contributed by atoms with Gasteiger partial charge in [0.1, 0.15) is 11.9 Å². The standard InChI is InChI=1S/C23H32N4O3S/c1-4-24-23(25-15-18(3)30-22-8-6-5-7-17(22)2)26-16-19-9-13-21(14-10-19)31(28,29)27-20-11-12-20/h5-10,13-14,18,20,27H,4,11-12,15-16H2,1-3H3,(H2,24,25,26). The molecule has 0 aliphatic heterocycles. The van der Waals surface area contributed by atoms with Gasteiger partial charge in [-0.3, -0.25) is 0 Å². The molecule has 0 spiro atoms. The lowest BCUT2D eigenvalue weighted by atomic mass is 10.2. The van der Waals surface area contributed by atoms with E-state index in [0.29, 0.717) is 23.9 Å². The van der Waals surface area contributed by atoms with Crippen molar-refractivity contribution in [1.82, 2.24) is 15.4 Å². The van der Waals surface area contributed by atoms with E-state index in [-0.39, 0.29) is 12.1 Å². The average molecular weight is 445 g/mol. The van der Waals surface area contributed by atoms with Crippen molar-refractivity contribution >= 4 is 16.0 Å². The topological polar surface area (TPSA) is 91.8 Å². The minimum Gasteiger partial charge on any atom is -0.489 e. The highest BCUT2D eigenvalue weighted by Crippen LogP contribution is 2.22. The predicted molar refractivity (Wildman–Crippen MR) is 124 cm³/mol. The van der Waals surface area contributed by atoms with E-state index in [1.165, 1.54) is 0 Å². The Morgan fingerprint density at radius 1 is 1.13 bits per heavy atom. The molecular weight excluding hydrogens is 412 g/mol. The Morgan fingerprint density at radius 2 is 1.84 bits per heavy atom. The van der Waals surface area contributed by atoms with Gasteiger partial charge in [0, 0.05) is 12.6 Å². The Kier molecular flexibility index (Phi) is 7.92. The highest BCUT2D eigenvalue weighted by molar-refractivity contribution is 7.89. The molecule has 0 bridgehead atoms. The summed E-state index contributed by atoms with van der Waals surface area (Å²) in [5, 5.41) is 6.53. The quantitative estimate of drug-likeness (QED) is 0.387. The SMILES string of the molecule is CCNC(=NCc1ccc(S(=O)(=O)NC2CC2)cc1)NCC(C)Oc1ccccc1C. The minimum absolute atomic E-state index is 0.0339. The number of aliphatic imine (C=N–C) groups is 1. The fourth-order valence-electron chi connectivity index (χ4n) is 2.96. The van der Waals surface area contributed by atoms with Gasteiger partial charge in [0.2, 0.25) is 10.0 Å². The Labute approximate surface area is 185 Å². The lowest BCUT2D eigenvalue weighted by Crippen LogP contribution is -2.41. The lowest BCUT2D eigenvalue weighted by molar-refractivity contribution is 0.222. The number of rotatable bonds is 10. The van der Waals surface area contributed by atoms with Crippen molar-refractivity contribution in [2.45, 2.75) is 57.2 Å². The van der Waals surface area contributed by atoms with Gasteiger partial charge < -0.3 is 15.4 Å². The van der Waals surface area contributed by atoms with Crippen LogP contribution in [0.1, 0.15) is 37.8 Å². The summed E-state index contributed by atoms with van der Waals surface area (Å²) in [5.74, 6) is 1.57. The Hall–Kier alpha value is -2.58. The maximum absolute atomic E-state index is 12.3. The number of para-hydroxylation sites is 1. The largest absolute Gasteiger partial charge is 0.489 e. The van der Waals surface area contributed by atoms with Gasteiger partial charge >= 0.3 is 0 Å². The summed E-state index contributed by atoms with van der Waals surface area (Å²) in [5.41, 5.74) is 2.04. The summed E-state index contributed by atoms with van der Waals surface area (Å²) in [6.45, 7) is 7.83. The van der Waals surface area contributed by atoms with Crippen LogP contribution in [0.15, 0.2) is 58.4 Å². The summed E-state index contributed by atoms with van der Waals surface area (Å²) in [4.78, 5) is 4.90. The number of aryl methyl sites for hydroxylation is 1. The molecule has 8 heteroatoms. The number of benzene rings is 2. The molecule has 1 aliphatic carbocycles. The number of nitrogens with zero attached hydrogens (tertiary/aromatic N) is 1. The molecule has 2 aromatic rings. The highest BCUT2D eigenvalue weighted by Gasteiger charge is 2.27. The van der Waals surface area contributed by atoms with E-state index >= 15 is 0 Å². The third-order valence-electron chi connectivity index (χ3n) is 4.88. The van der Waals surface area contributed by atoms with Gasteiger partial charge in [-0.15, -0.1) is 0 Å². The number of ether oxygens (including phenoxy) is 1. The first-order chi connectivity index (χ1) is 14.9. The van der Waals surface area contributed by atoms with Gasteiger partial charge in [0.15, 0.2) is 5.96 Å². The van der Waals surface area contributed by atoms with Crippen LogP contribution in [-0.4, -0.2) is 39.6 Å². The van der Waals surface area contributed by atoms with E-state index in [1.807, 2.05) is 45.0 Å². The van der Waals surface area contributed by atoms with E-state index in [0.717, 1.165) is 36.3 Å². The molecule has 2 aromatic carbocycles. The molecule has 1 saturated carbocycles. The first kappa shape index (κ1) is 23.1. The molecule has 0 radical (unpaired) electrons. The summed E-state index contributed by atoms with van der Waals surface area (Å²) in [6, 6.07) is 14.9. The fourth-order valence-corrected chi connectivity index (χ4v) is 4.27. The zero-order valence-corrected chi connectivity index (χ0v) is 19.2. The number of hydrogen-bond donors (Lipinski definition) is 3. The molecule has 3 rings (SSSR count). The van der Waals surface area contributed by atoms with Crippen molar-refractivity contribution in [3.05, 3.63) is 59.7 Å². The third-order valence-corrected chi connectivity index (χ3v) is 6.41. The second-order valence-corrected chi connectivity index (χ2v) is 9.52. The molecule has 1 atom stereocenters. The van der Waals surface area contributed by atoms with E-state index in [2.05, 4.69) is 20.3 Å². The van der Waals surface area contributed by atoms with Gasteiger partial charge in [0.05, 0.1) is 18.0 Å². The molecule has 1 aliphatic rings. The predicted octanol–water partition coefficient (Wildman–Crippen LogP) is 2.96. The van der Waals surface area contributed by atoms with Crippen LogP contribution in [0.3, 0.4) is 0 Å². The van der Waals surface area contributed by atoms with Crippen LogP contribution in [0.2, 0.25) is 0 Å². The average Bonchev–Trinajstić information content (AvgIpc) is 3.55. The van der Waals surface area contributed by atoms with Crippen LogP contribution >= 0.6 is 0 Å². The Morgan fingerprint density at radius 3 is 2.48 bits per heavy atom. The Balaban J connectivity index is 1.54. The van der Waals surface area contributed by atoms with Gasteiger partial charge in [-0.2, -0.15) is 0 Å². The van der Waals surface area contributed by atoms with Crippen LogP contribution in [0.4, 0.5) is 0 Å². The van der Waals surface area contributed by atoms with Crippen LogP contribution < -0.4 is 20.1 Å². The summed E-state index contributed by atoms with van der Waals surface area (Å²) >= 11 is 0. The molecule has 3 N–H and O–H groups in total. The van der Waals surface area contributed by atoms with Crippen LogP contribution in [-0.2, 0) is 16.6 Å². The second kappa shape index (κ2) is 10.6. The fraction of sp³-hybridized carbons (Fsp3) is 0.435. The van der Waals surface area contributed by atoms with Crippen molar-refractivity contribution in [2.75, 3.05) is 13.1 Å². The van der Waals surface area contributed by atoms with Gasteiger partial charge in [-0.1, -0.05) is 30.3 Å². The van der Waals surface area contributed by atoms with Crippen molar-refractivity contribution in [2.24, 2.45) is 4.99 Å². The summed E-state index contributed by atoms with van der Waals surface area (Å²) in [7, 11) is -3.43. The molecule has 31 heavy (non-hydrogen) atoms. The highest BCUT2D eigenvalue weighted by atomic mass is 32.2. The third kappa shape index (κ3) is 7.25. The molecule has 1 unspecified atom stereocenters. The van der Waals surface area contributed by atoms with Crippen molar-refractivity contribution < 1.29 is 13.2 Å². The molecule has 0 heterocycles. The minimum atomic E-state index is -3.43. The molecule has 0 amide bonds. The molecule has 168 valence electrons. The monoisotopic (exact) mass is 444 g/mol. The summed E-state index contributed by atoms with van der Waals surface area (Å²) < 4.78 is 33.3. The second-order valence-electron chi connectivity index (χ2n) is 7.81. The van der Waals surface area contributed by atoms with Gasteiger partial charge in [0.25, 0.3) is 0 Å². The maximum atomic E-state index is 12.3. The number of nitrogens with one attached hydrogen (secondary N) is 3. The van der Waals surface area contributed by atoms with E-state index in [4.69, 9.17) is 4.74 Å². The van der Waals surface area contributed by atoms with Gasteiger partial charge in [-0.25, -0.2) is 18.1 Å². The van der Waals surface area contributed by atoms with Crippen molar-refractivity contribution in [1.29, 1.82) is 0 Å². The smallest absolute Gasteiger partial charge is 0.240 e. The molecule has 7 nitrogen and oxygen atoms in total. The van der Waals surface area contributed by atoms with Crippen LogP contribution in [0, 0.1) is 6.92 Å². The molecular formula is C23H32N4O3S. The van der Waals surface area contributed by atoms with E-state index < -0.39 is 10.0 Å². The van der Waals surface area contributed by atoms with Crippen molar-refractivity contribution in [3.8, 4) is 5.75 Å².